The molecule has 0 saturated heterocycles. The third-order valence-electron chi connectivity index (χ3n) is 2.96. The van der Waals surface area contributed by atoms with Gasteiger partial charge in [-0.15, -0.1) is 0 Å². The van der Waals surface area contributed by atoms with Crippen LogP contribution >= 0.6 is 0 Å². The third kappa shape index (κ3) is 3.40. The molecule has 1 rings (SSSR count). The summed E-state index contributed by atoms with van der Waals surface area (Å²) >= 11 is 0. The number of carbonyl (C=O) groups excluding carboxylic acids is 1. The molecule has 2 unspecified atom stereocenters. The molecule has 1 aliphatic rings. The summed E-state index contributed by atoms with van der Waals surface area (Å²) in [5.41, 5.74) is 0. The van der Waals surface area contributed by atoms with Crippen LogP contribution in [0.15, 0.2) is 12.3 Å². The Labute approximate surface area is 85.5 Å². The monoisotopic (exact) mass is 197 g/mol. The summed E-state index contributed by atoms with van der Waals surface area (Å²) in [5, 5.41) is 3.14. The molecule has 1 saturated carbocycles. The highest BCUT2D eigenvalue weighted by atomic mass is 16.5. The molecule has 0 aromatic heterocycles. The van der Waals surface area contributed by atoms with Crippen molar-refractivity contribution in [1.29, 1.82) is 0 Å². The van der Waals surface area contributed by atoms with Crippen molar-refractivity contribution in [2.45, 2.75) is 26.2 Å². The van der Waals surface area contributed by atoms with Crippen molar-refractivity contribution in [3.63, 3.8) is 0 Å². The minimum Gasteiger partial charge on any atom is -0.466 e. The van der Waals surface area contributed by atoms with E-state index < -0.39 is 0 Å². The largest absolute Gasteiger partial charge is 0.466 e. The highest BCUT2D eigenvalue weighted by Crippen LogP contribution is 2.30. The third-order valence-corrected chi connectivity index (χ3v) is 2.96. The number of esters is 1. The van der Waals surface area contributed by atoms with Crippen LogP contribution in [-0.4, -0.2) is 19.6 Å². The molecule has 1 N–H and O–H groups in total. The first-order valence-electron chi connectivity index (χ1n) is 5.22. The molecular formula is C11H19NO2. The Morgan fingerprint density at radius 2 is 2.36 bits per heavy atom. The molecule has 1 fully saturated rings. The Kier molecular flexibility index (Phi) is 4.50. The van der Waals surface area contributed by atoms with E-state index in [1.807, 2.05) is 0 Å². The SMILES string of the molecule is COC(=O)/C=C/NCC1CCCC1C. The van der Waals surface area contributed by atoms with Crippen LogP contribution in [0.4, 0.5) is 0 Å². The van der Waals surface area contributed by atoms with Crippen LogP contribution in [0.25, 0.3) is 0 Å². The molecule has 0 radical (unpaired) electrons. The van der Waals surface area contributed by atoms with Gasteiger partial charge in [0.15, 0.2) is 0 Å². The van der Waals surface area contributed by atoms with Crippen molar-refractivity contribution in [3.8, 4) is 0 Å². The van der Waals surface area contributed by atoms with Crippen LogP contribution in [0, 0.1) is 11.8 Å². The average molecular weight is 197 g/mol. The maximum absolute atomic E-state index is 10.7. The summed E-state index contributed by atoms with van der Waals surface area (Å²) in [5.74, 6) is 1.27. The normalized spacial score (nSPS) is 26.7. The van der Waals surface area contributed by atoms with Crippen LogP contribution in [0.5, 0.6) is 0 Å². The maximum Gasteiger partial charge on any atom is 0.331 e. The van der Waals surface area contributed by atoms with Gasteiger partial charge < -0.3 is 10.1 Å². The zero-order chi connectivity index (χ0) is 10.4. The summed E-state index contributed by atoms with van der Waals surface area (Å²) in [4.78, 5) is 10.7. The smallest absolute Gasteiger partial charge is 0.331 e. The predicted molar refractivity (Wildman–Crippen MR) is 55.7 cm³/mol. The lowest BCUT2D eigenvalue weighted by atomic mass is 9.98. The van der Waals surface area contributed by atoms with Gasteiger partial charge in [-0.1, -0.05) is 19.8 Å². The van der Waals surface area contributed by atoms with Crippen LogP contribution in [0.3, 0.4) is 0 Å². The molecular weight excluding hydrogens is 178 g/mol. The predicted octanol–water partition coefficient (Wildman–Crippen LogP) is 1.70. The number of hydrogen-bond acceptors (Lipinski definition) is 3. The fourth-order valence-electron chi connectivity index (χ4n) is 1.94. The first-order valence-corrected chi connectivity index (χ1v) is 5.22. The van der Waals surface area contributed by atoms with Gasteiger partial charge in [0.25, 0.3) is 0 Å². The first kappa shape index (κ1) is 11.1. The molecule has 0 amide bonds. The first-order chi connectivity index (χ1) is 6.74. The van der Waals surface area contributed by atoms with Crippen molar-refractivity contribution < 1.29 is 9.53 Å². The molecule has 1 aliphatic carbocycles. The van der Waals surface area contributed by atoms with Gasteiger partial charge in [-0.2, -0.15) is 0 Å². The summed E-state index contributed by atoms with van der Waals surface area (Å²) in [6, 6.07) is 0. The Morgan fingerprint density at radius 3 is 2.93 bits per heavy atom. The summed E-state index contributed by atoms with van der Waals surface area (Å²) in [6.45, 7) is 3.26. The fraction of sp³-hybridized carbons (Fsp3) is 0.727. The van der Waals surface area contributed by atoms with E-state index in [0.29, 0.717) is 0 Å². The van der Waals surface area contributed by atoms with Crippen molar-refractivity contribution >= 4 is 5.97 Å². The zero-order valence-electron chi connectivity index (χ0n) is 8.95. The Hall–Kier alpha value is -0.990. The molecule has 0 aliphatic heterocycles. The molecule has 3 heteroatoms. The molecule has 0 spiro atoms. The quantitative estimate of drug-likeness (QED) is 0.550. The van der Waals surface area contributed by atoms with Crippen molar-refractivity contribution in [3.05, 3.63) is 12.3 Å². The maximum atomic E-state index is 10.7. The van der Waals surface area contributed by atoms with E-state index in [9.17, 15) is 4.79 Å². The number of ether oxygens (including phenoxy) is 1. The Balaban J connectivity index is 2.14. The lowest BCUT2D eigenvalue weighted by Gasteiger charge is -2.14. The van der Waals surface area contributed by atoms with Gasteiger partial charge in [-0.05, 0) is 18.3 Å². The van der Waals surface area contributed by atoms with E-state index in [4.69, 9.17) is 0 Å². The van der Waals surface area contributed by atoms with Crippen LogP contribution in [0.2, 0.25) is 0 Å². The Morgan fingerprint density at radius 1 is 1.57 bits per heavy atom. The number of methoxy groups -OCH3 is 1. The Bertz CT molecular complexity index is 213. The molecule has 3 nitrogen and oxygen atoms in total. The number of hydrogen-bond donors (Lipinski definition) is 1. The molecule has 0 bridgehead atoms. The second-order valence-electron chi connectivity index (χ2n) is 3.93. The topological polar surface area (TPSA) is 38.3 Å². The van der Waals surface area contributed by atoms with Gasteiger partial charge in [0.05, 0.1) is 7.11 Å². The van der Waals surface area contributed by atoms with E-state index in [0.717, 1.165) is 18.4 Å². The molecule has 0 aromatic carbocycles. The van der Waals surface area contributed by atoms with E-state index in [-0.39, 0.29) is 5.97 Å². The van der Waals surface area contributed by atoms with Crippen molar-refractivity contribution in [2.75, 3.05) is 13.7 Å². The number of carbonyl (C=O) groups is 1. The van der Waals surface area contributed by atoms with Crippen molar-refractivity contribution in [2.24, 2.45) is 11.8 Å². The van der Waals surface area contributed by atoms with Crippen LogP contribution in [0.1, 0.15) is 26.2 Å². The standard InChI is InChI=1S/C11H19NO2/c1-9-4-3-5-10(9)8-12-7-6-11(13)14-2/h6-7,9-10,12H,3-5,8H2,1-2H3/b7-6+. The van der Waals surface area contributed by atoms with E-state index >= 15 is 0 Å². The van der Waals surface area contributed by atoms with Crippen LogP contribution < -0.4 is 5.32 Å². The minimum absolute atomic E-state index is 0.308. The second kappa shape index (κ2) is 5.68. The van der Waals surface area contributed by atoms with Gasteiger partial charge in [0.1, 0.15) is 0 Å². The second-order valence-corrected chi connectivity index (χ2v) is 3.93. The van der Waals surface area contributed by atoms with Gasteiger partial charge in [0, 0.05) is 18.8 Å². The van der Waals surface area contributed by atoms with Crippen LogP contribution in [-0.2, 0) is 9.53 Å². The van der Waals surface area contributed by atoms with Gasteiger partial charge >= 0.3 is 5.97 Å². The molecule has 0 aromatic rings. The lowest BCUT2D eigenvalue weighted by molar-refractivity contribution is -0.134. The molecule has 0 heterocycles. The van der Waals surface area contributed by atoms with E-state index in [1.165, 1.54) is 32.4 Å². The number of nitrogens with one attached hydrogen (secondary N) is 1. The van der Waals surface area contributed by atoms with Gasteiger partial charge in [-0.3, -0.25) is 0 Å². The minimum atomic E-state index is -0.308. The molecule has 14 heavy (non-hydrogen) atoms. The zero-order valence-corrected chi connectivity index (χ0v) is 8.95. The molecule has 80 valence electrons. The van der Waals surface area contributed by atoms with E-state index in [1.54, 1.807) is 6.20 Å². The lowest BCUT2D eigenvalue weighted by Crippen LogP contribution is -2.20. The van der Waals surface area contributed by atoms with Gasteiger partial charge in [0.2, 0.25) is 0 Å². The summed E-state index contributed by atoms with van der Waals surface area (Å²) in [6.07, 6.45) is 7.08. The number of rotatable bonds is 4. The summed E-state index contributed by atoms with van der Waals surface area (Å²) in [7, 11) is 1.38. The average Bonchev–Trinajstić information content (AvgIpc) is 2.58. The van der Waals surface area contributed by atoms with Gasteiger partial charge in [-0.25, -0.2) is 4.79 Å². The fourth-order valence-corrected chi connectivity index (χ4v) is 1.94. The highest BCUT2D eigenvalue weighted by Gasteiger charge is 2.22. The highest BCUT2D eigenvalue weighted by molar-refractivity contribution is 5.81. The van der Waals surface area contributed by atoms with E-state index in [2.05, 4.69) is 17.0 Å². The van der Waals surface area contributed by atoms with Crippen molar-refractivity contribution in [1.82, 2.24) is 5.32 Å². The summed E-state index contributed by atoms with van der Waals surface area (Å²) < 4.78 is 4.48. The molecule has 2 atom stereocenters.